The third-order valence-corrected chi connectivity index (χ3v) is 12.8. The van der Waals surface area contributed by atoms with E-state index in [2.05, 4.69) is 264 Å². The van der Waals surface area contributed by atoms with E-state index in [1.807, 2.05) is 0 Å². The lowest BCUT2D eigenvalue weighted by molar-refractivity contribution is 1.18. The maximum absolute atomic E-state index is 2.42. The first kappa shape index (κ1) is 37.3. The predicted molar refractivity (Wildman–Crippen MR) is 272 cm³/mol. The number of hydrogen-bond acceptors (Lipinski definition) is 1. The molecule has 0 atom stereocenters. The van der Waals surface area contributed by atoms with Crippen LogP contribution in [0.4, 0.5) is 17.1 Å². The van der Waals surface area contributed by atoms with Gasteiger partial charge in [-0.05, 0) is 127 Å². The van der Waals surface area contributed by atoms with Crippen molar-refractivity contribution >= 4 is 60.4 Å². The van der Waals surface area contributed by atoms with Crippen molar-refractivity contribution < 1.29 is 0 Å². The van der Waals surface area contributed by atoms with Crippen molar-refractivity contribution in [3.63, 3.8) is 0 Å². The van der Waals surface area contributed by atoms with E-state index < -0.39 is 0 Å². The average Bonchev–Trinajstić information content (AvgIpc) is 3.73. The molecule has 64 heavy (non-hydrogen) atoms. The maximum Gasteiger partial charge on any atom is 0.0547 e. The molecule has 1 aromatic heterocycles. The molecule has 0 unspecified atom stereocenters. The number of rotatable bonds is 8. The highest BCUT2D eigenvalue weighted by atomic mass is 15.1. The van der Waals surface area contributed by atoms with Crippen LogP contribution in [0.2, 0.25) is 0 Å². The summed E-state index contributed by atoms with van der Waals surface area (Å²) in [5.74, 6) is 0. The largest absolute Gasteiger partial charge is 0.310 e. The van der Waals surface area contributed by atoms with Gasteiger partial charge in [-0.3, -0.25) is 0 Å². The zero-order chi connectivity index (χ0) is 42.4. The van der Waals surface area contributed by atoms with Crippen molar-refractivity contribution in [3.8, 4) is 50.2 Å². The molecule has 12 rings (SSSR count). The van der Waals surface area contributed by atoms with Crippen LogP contribution >= 0.6 is 0 Å². The highest BCUT2D eigenvalue weighted by Gasteiger charge is 2.20. The summed E-state index contributed by atoms with van der Waals surface area (Å²) in [7, 11) is 0. The molecule has 0 radical (unpaired) electrons. The molecule has 0 spiro atoms. The van der Waals surface area contributed by atoms with Gasteiger partial charge in [-0.2, -0.15) is 0 Å². The first-order chi connectivity index (χ1) is 31.8. The molecule has 0 saturated heterocycles. The van der Waals surface area contributed by atoms with Crippen molar-refractivity contribution in [1.29, 1.82) is 0 Å². The number of anilines is 3. The molecule has 0 aliphatic rings. The molecule has 0 saturated carbocycles. The summed E-state index contributed by atoms with van der Waals surface area (Å²) >= 11 is 0. The summed E-state index contributed by atoms with van der Waals surface area (Å²) in [6.07, 6.45) is 0. The number of para-hydroxylation sites is 1. The Kier molecular flexibility index (Phi) is 9.20. The zero-order valence-corrected chi connectivity index (χ0v) is 35.1. The standard InChI is InChI=1S/C62H42N2/c1-3-16-43(17-4-1)53-26-11-12-27-55(53)46-32-37-50(38-33-46)63(51-39-34-47(35-40-51)56-29-14-20-44-18-7-9-25-54(44)56)52-24-13-21-48(42-52)58-30-15-31-59-62(58)61-57-28-10-8-19-45(57)36-41-60(61)64(59)49-22-5-2-6-23-49/h1-42H. The van der Waals surface area contributed by atoms with Crippen molar-refractivity contribution in [2.45, 2.75) is 0 Å². The van der Waals surface area contributed by atoms with E-state index >= 15 is 0 Å². The second-order valence-electron chi connectivity index (χ2n) is 16.5. The molecule has 2 heteroatoms. The number of fused-ring (bicyclic) bond motifs is 6. The fourth-order valence-electron chi connectivity index (χ4n) is 9.85. The van der Waals surface area contributed by atoms with Gasteiger partial charge in [0.15, 0.2) is 0 Å². The van der Waals surface area contributed by atoms with E-state index in [9.17, 15) is 0 Å². The van der Waals surface area contributed by atoms with Gasteiger partial charge in [-0.25, -0.2) is 0 Å². The normalized spacial score (nSPS) is 11.4. The molecule has 0 fully saturated rings. The summed E-state index contributed by atoms with van der Waals surface area (Å²) < 4.78 is 2.42. The first-order valence-corrected chi connectivity index (χ1v) is 22.0. The topological polar surface area (TPSA) is 8.17 Å². The molecule has 0 aliphatic heterocycles. The minimum atomic E-state index is 1.08. The second kappa shape index (κ2) is 15.8. The second-order valence-corrected chi connectivity index (χ2v) is 16.5. The third-order valence-electron chi connectivity index (χ3n) is 12.8. The van der Waals surface area contributed by atoms with Crippen LogP contribution in [0.5, 0.6) is 0 Å². The molecule has 1 heterocycles. The zero-order valence-electron chi connectivity index (χ0n) is 35.1. The Morgan fingerprint density at radius 3 is 1.47 bits per heavy atom. The number of nitrogens with zero attached hydrogens (tertiary/aromatic N) is 2. The van der Waals surface area contributed by atoms with Crippen molar-refractivity contribution in [3.05, 3.63) is 255 Å². The van der Waals surface area contributed by atoms with Gasteiger partial charge in [0.25, 0.3) is 0 Å². The van der Waals surface area contributed by atoms with Crippen LogP contribution in [-0.4, -0.2) is 4.57 Å². The van der Waals surface area contributed by atoms with Crippen LogP contribution in [0.1, 0.15) is 0 Å². The molecule has 11 aromatic carbocycles. The molecule has 0 aliphatic carbocycles. The average molecular weight is 815 g/mol. The van der Waals surface area contributed by atoms with Crippen LogP contribution in [0.25, 0.3) is 93.5 Å². The molecule has 12 aromatic rings. The highest BCUT2D eigenvalue weighted by molar-refractivity contribution is 6.25. The maximum atomic E-state index is 2.42. The Bertz CT molecular complexity index is 3640. The van der Waals surface area contributed by atoms with E-state index in [4.69, 9.17) is 0 Å². The van der Waals surface area contributed by atoms with E-state index in [1.165, 1.54) is 82.3 Å². The van der Waals surface area contributed by atoms with Crippen molar-refractivity contribution in [2.24, 2.45) is 0 Å². The Labute approximate surface area is 373 Å². The molecule has 0 bridgehead atoms. The Morgan fingerprint density at radius 2 is 0.750 bits per heavy atom. The number of aromatic nitrogens is 1. The highest BCUT2D eigenvalue weighted by Crippen LogP contribution is 2.44. The van der Waals surface area contributed by atoms with E-state index in [0.717, 1.165) is 28.3 Å². The predicted octanol–water partition coefficient (Wildman–Crippen LogP) is 17.2. The molecule has 0 N–H and O–H groups in total. The Balaban J connectivity index is 1.03. The number of benzene rings is 11. The molecule has 300 valence electrons. The van der Waals surface area contributed by atoms with Crippen LogP contribution in [-0.2, 0) is 0 Å². The van der Waals surface area contributed by atoms with E-state index in [0.29, 0.717) is 0 Å². The van der Waals surface area contributed by atoms with Gasteiger partial charge in [-0.15, -0.1) is 0 Å². The quantitative estimate of drug-likeness (QED) is 0.148. The van der Waals surface area contributed by atoms with Crippen LogP contribution < -0.4 is 4.90 Å². The van der Waals surface area contributed by atoms with Gasteiger partial charge in [0.05, 0.1) is 11.0 Å². The monoisotopic (exact) mass is 814 g/mol. The lowest BCUT2D eigenvalue weighted by Crippen LogP contribution is -2.10. The lowest BCUT2D eigenvalue weighted by atomic mass is 9.94. The molecular weight excluding hydrogens is 773 g/mol. The molecule has 2 nitrogen and oxygen atoms in total. The van der Waals surface area contributed by atoms with Gasteiger partial charge < -0.3 is 9.47 Å². The van der Waals surface area contributed by atoms with Crippen molar-refractivity contribution in [1.82, 2.24) is 4.57 Å². The third kappa shape index (κ3) is 6.44. The molecular formula is C62H42N2. The Hall–Kier alpha value is -8.46. The van der Waals surface area contributed by atoms with Gasteiger partial charge in [0, 0.05) is 33.5 Å². The number of hydrogen-bond donors (Lipinski definition) is 0. The molecule has 0 amide bonds. The summed E-state index contributed by atoms with van der Waals surface area (Å²) in [6, 6.07) is 92.6. The summed E-state index contributed by atoms with van der Waals surface area (Å²) in [5, 5.41) is 7.51. The summed E-state index contributed by atoms with van der Waals surface area (Å²) in [6.45, 7) is 0. The fourth-order valence-corrected chi connectivity index (χ4v) is 9.85. The Morgan fingerprint density at radius 1 is 0.266 bits per heavy atom. The van der Waals surface area contributed by atoms with Gasteiger partial charge in [0.1, 0.15) is 0 Å². The smallest absolute Gasteiger partial charge is 0.0547 e. The first-order valence-electron chi connectivity index (χ1n) is 22.0. The summed E-state index contributed by atoms with van der Waals surface area (Å²) in [4.78, 5) is 2.39. The van der Waals surface area contributed by atoms with Gasteiger partial charge in [0.2, 0.25) is 0 Å². The SMILES string of the molecule is c1ccc(-c2ccccc2-c2ccc(N(c3ccc(-c4cccc5ccccc45)cc3)c3cccc(-c4cccc5c4c4c6ccccc6ccc4n5-c4ccccc4)c3)cc2)cc1. The fraction of sp³-hybridized carbons (Fsp3) is 0. The van der Waals surface area contributed by atoms with Gasteiger partial charge in [-0.1, -0.05) is 194 Å². The lowest BCUT2D eigenvalue weighted by Gasteiger charge is -2.27. The minimum Gasteiger partial charge on any atom is -0.310 e. The van der Waals surface area contributed by atoms with Crippen molar-refractivity contribution in [2.75, 3.05) is 4.90 Å². The van der Waals surface area contributed by atoms with Crippen LogP contribution in [0.3, 0.4) is 0 Å². The van der Waals surface area contributed by atoms with E-state index in [-0.39, 0.29) is 0 Å². The van der Waals surface area contributed by atoms with Crippen LogP contribution in [0.15, 0.2) is 255 Å². The van der Waals surface area contributed by atoms with E-state index in [1.54, 1.807) is 0 Å². The minimum absolute atomic E-state index is 1.08. The van der Waals surface area contributed by atoms with Crippen LogP contribution in [0, 0.1) is 0 Å². The summed E-state index contributed by atoms with van der Waals surface area (Å²) in [5.41, 5.74) is 16.4. The van der Waals surface area contributed by atoms with Gasteiger partial charge >= 0.3 is 0 Å².